The first-order chi connectivity index (χ1) is 9.19. The Morgan fingerprint density at radius 3 is 2.89 bits per heavy atom. The zero-order valence-corrected chi connectivity index (χ0v) is 12.2. The van der Waals surface area contributed by atoms with Crippen LogP contribution in [0.25, 0.3) is 0 Å². The molecule has 4 nitrogen and oxygen atoms in total. The number of nitrogens with zero attached hydrogens (tertiary/aromatic N) is 1. The maximum atomic E-state index is 11.5. The molecule has 5 heteroatoms. The molecule has 1 fully saturated rings. The van der Waals surface area contributed by atoms with Gasteiger partial charge in [0, 0.05) is 29.2 Å². The molecule has 2 N–H and O–H groups in total. The first kappa shape index (κ1) is 13.9. The van der Waals surface area contributed by atoms with Crippen LogP contribution in [0.2, 0.25) is 0 Å². The summed E-state index contributed by atoms with van der Waals surface area (Å²) in [4.78, 5) is 11.5. The van der Waals surface area contributed by atoms with Crippen LogP contribution in [-0.4, -0.2) is 18.5 Å². The van der Waals surface area contributed by atoms with Crippen LogP contribution in [0.3, 0.4) is 0 Å². The van der Waals surface area contributed by atoms with Gasteiger partial charge in [0.15, 0.2) is 0 Å². The van der Waals surface area contributed by atoms with E-state index in [9.17, 15) is 4.79 Å². The first-order valence-electron chi connectivity index (χ1n) is 6.42. The van der Waals surface area contributed by atoms with Gasteiger partial charge >= 0.3 is 0 Å². The number of carbonyl (C=O) groups excluding carboxylic acids is 1. The summed E-state index contributed by atoms with van der Waals surface area (Å²) in [5, 5.41) is 15.0. The summed E-state index contributed by atoms with van der Waals surface area (Å²) < 4.78 is 0.869. The second-order valence-electron chi connectivity index (χ2n) is 4.68. The Morgan fingerprint density at radius 1 is 1.47 bits per heavy atom. The second-order valence-corrected chi connectivity index (χ2v) is 5.53. The molecule has 1 aliphatic carbocycles. The minimum atomic E-state index is 0.142. The van der Waals surface area contributed by atoms with Crippen molar-refractivity contribution < 1.29 is 4.79 Å². The van der Waals surface area contributed by atoms with Gasteiger partial charge in [-0.1, -0.05) is 0 Å². The monoisotopic (exact) mass is 321 g/mol. The van der Waals surface area contributed by atoms with E-state index in [1.807, 2.05) is 6.07 Å². The summed E-state index contributed by atoms with van der Waals surface area (Å²) in [7, 11) is 0. The summed E-state index contributed by atoms with van der Waals surface area (Å²) in [6, 6.07) is 7.95. The van der Waals surface area contributed by atoms with Crippen LogP contribution < -0.4 is 10.6 Å². The molecule has 1 aromatic carbocycles. The van der Waals surface area contributed by atoms with Gasteiger partial charge < -0.3 is 10.6 Å². The van der Waals surface area contributed by atoms with Gasteiger partial charge in [0.2, 0.25) is 5.91 Å². The lowest BCUT2D eigenvalue weighted by Gasteiger charge is -2.08. The van der Waals surface area contributed by atoms with Crippen molar-refractivity contribution in [2.75, 3.05) is 11.9 Å². The molecule has 0 heterocycles. The van der Waals surface area contributed by atoms with Crippen LogP contribution >= 0.6 is 15.9 Å². The molecule has 19 heavy (non-hydrogen) atoms. The highest BCUT2D eigenvalue weighted by Crippen LogP contribution is 2.23. The van der Waals surface area contributed by atoms with Gasteiger partial charge in [-0.15, -0.1) is 0 Å². The molecule has 0 unspecified atom stereocenters. The van der Waals surface area contributed by atoms with Crippen LogP contribution in [-0.2, 0) is 4.79 Å². The first-order valence-corrected chi connectivity index (χ1v) is 7.21. The molecule has 0 saturated heterocycles. The lowest BCUT2D eigenvalue weighted by Crippen LogP contribution is -2.25. The fourth-order valence-electron chi connectivity index (χ4n) is 1.73. The van der Waals surface area contributed by atoms with Crippen molar-refractivity contribution in [3.05, 3.63) is 28.2 Å². The van der Waals surface area contributed by atoms with Crippen LogP contribution in [0, 0.1) is 11.3 Å². The third kappa shape index (κ3) is 4.56. The lowest BCUT2D eigenvalue weighted by atomic mass is 10.2. The summed E-state index contributed by atoms with van der Waals surface area (Å²) in [5.41, 5.74) is 1.57. The van der Waals surface area contributed by atoms with E-state index < -0.39 is 0 Å². The van der Waals surface area contributed by atoms with Gasteiger partial charge in [0.1, 0.15) is 0 Å². The Bertz CT molecular complexity index is 506. The van der Waals surface area contributed by atoms with Gasteiger partial charge in [0.25, 0.3) is 0 Å². The van der Waals surface area contributed by atoms with Crippen molar-refractivity contribution in [1.29, 1.82) is 5.26 Å². The standard InChI is InChI=1S/C14H16BrN3O/c15-12-8-10(9-16)3-6-13(12)17-7-1-2-14(19)18-11-4-5-11/h3,6,8,11,17H,1-2,4-5,7H2,(H,18,19). The predicted octanol–water partition coefficient (Wildman–Crippen LogP) is 2.79. The lowest BCUT2D eigenvalue weighted by molar-refractivity contribution is -0.121. The van der Waals surface area contributed by atoms with Crippen molar-refractivity contribution >= 4 is 27.5 Å². The minimum absolute atomic E-state index is 0.142. The smallest absolute Gasteiger partial charge is 0.220 e. The molecule has 0 aliphatic heterocycles. The molecular weight excluding hydrogens is 306 g/mol. The van der Waals surface area contributed by atoms with Gasteiger partial charge in [-0.05, 0) is 53.4 Å². The fourth-order valence-corrected chi connectivity index (χ4v) is 2.25. The third-order valence-electron chi connectivity index (χ3n) is 2.94. The van der Waals surface area contributed by atoms with E-state index in [0.29, 0.717) is 18.0 Å². The van der Waals surface area contributed by atoms with Crippen molar-refractivity contribution in [2.24, 2.45) is 0 Å². The number of nitriles is 1. The zero-order chi connectivity index (χ0) is 13.7. The molecule has 1 amide bonds. The number of hydrogen-bond acceptors (Lipinski definition) is 3. The van der Waals surface area contributed by atoms with Crippen LogP contribution in [0.15, 0.2) is 22.7 Å². The van der Waals surface area contributed by atoms with E-state index in [1.54, 1.807) is 12.1 Å². The Morgan fingerprint density at radius 2 is 2.26 bits per heavy atom. The Balaban J connectivity index is 1.70. The van der Waals surface area contributed by atoms with E-state index in [4.69, 9.17) is 5.26 Å². The molecule has 0 spiro atoms. The maximum absolute atomic E-state index is 11.5. The van der Waals surface area contributed by atoms with E-state index in [1.165, 1.54) is 0 Å². The van der Waals surface area contributed by atoms with Crippen molar-refractivity contribution in [1.82, 2.24) is 5.32 Å². The highest BCUT2D eigenvalue weighted by Gasteiger charge is 2.22. The molecule has 0 atom stereocenters. The molecule has 2 rings (SSSR count). The van der Waals surface area contributed by atoms with Gasteiger partial charge in [-0.3, -0.25) is 4.79 Å². The Hall–Kier alpha value is -1.54. The maximum Gasteiger partial charge on any atom is 0.220 e. The average Bonchev–Trinajstić information content (AvgIpc) is 3.20. The van der Waals surface area contributed by atoms with Crippen molar-refractivity contribution in [2.45, 2.75) is 31.7 Å². The molecular formula is C14H16BrN3O. The summed E-state index contributed by atoms with van der Waals surface area (Å²) >= 11 is 3.42. The average molecular weight is 322 g/mol. The Kier molecular flexibility index (Phi) is 4.80. The fraction of sp³-hybridized carbons (Fsp3) is 0.429. The number of hydrogen-bond donors (Lipinski definition) is 2. The molecule has 0 bridgehead atoms. The number of anilines is 1. The second kappa shape index (κ2) is 6.58. The summed E-state index contributed by atoms with van der Waals surface area (Å²) in [6.07, 6.45) is 3.60. The van der Waals surface area contributed by atoms with Gasteiger partial charge in [-0.2, -0.15) is 5.26 Å². The quantitative estimate of drug-likeness (QED) is 0.792. The minimum Gasteiger partial charge on any atom is -0.384 e. The molecule has 0 radical (unpaired) electrons. The van der Waals surface area contributed by atoms with Crippen LogP contribution in [0.4, 0.5) is 5.69 Å². The predicted molar refractivity (Wildman–Crippen MR) is 77.7 cm³/mol. The van der Waals surface area contributed by atoms with E-state index in [2.05, 4.69) is 32.6 Å². The topological polar surface area (TPSA) is 64.9 Å². The molecule has 100 valence electrons. The molecule has 1 aromatic rings. The third-order valence-corrected chi connectivity index (χ3v) is 3.59. The molecule has 0 aromatic heterocycles. The van der Waals surface area contributed by atoms with E-state index >= 15 is 0 Å². The highest BCUT2D eigenvalue weighted by molar-refractivity contribution is 9.10. The number of nitrogens with one attached hydrogen (secondary N) is 2. The number of rotatable bonds is 6. The largest absolute Gasteiger partial charge is 0.384 e. The molecule has 1 saturated carbocycles. The van der Waals surface area contributed by atoms with Crippen LogP contribution in [0.5, 0.6) is 0 Å². The number of carbonyl (C=O) groups is 1. The van der Waals surface area contributed by atoms with Crippen molar-refractivity contribution in [3.8, 4) is 6.07 Å². The van der Waals surface area contributed by atoms with E-state index in [0.717, 1.165) is 36.0 Å². The van der Waals surface area contributed by atoms with Gasteiger partial charge in [-0.25, -0.2) is 0 Å². The normalized spacial score (nSPS) is 13.7. The molecule has 1 aliphatic rings. The van der Waals surface area contributed by atoms with Gasteiger partial charge in [0.05, 0.1) is 11.6 Å². The van der Waals surface area contributed by atoms with Crippen LogP contribution in [0.1, 0.15) is 31.2 Å². The SMILES string of the molecule is N#Cc1ccc(NCCCC(=O)NC2CC2)c(Br)c1. The highest BCUT2D eigenvalue weighted by atomic mass is 79.9. The summed E-state index contributed by atoms with van der Waals surface area (Å²) in [6.45, 7) is 0.739. The zero-order valence-electron chi connectivity index (χ0n) is 10.6. The van der Waals surface area contributed by atoms with E-state index in [-0.39, 0.29) is 5.91 Å². The number of halogens is 1. The number of amides is 1. The summed E-state index contributed by atoms with van der Waals surface area (Å²) in [5.74, 6) is 0.142. The Labute approximate surface area is 121 Å². The number of benzene rings is 1. The van der Waals surface area contributed by atoms with Crippen molar-refractivity contribution in [3.63, 3.8) is 0 Å².